The van der Waals surface area contributed by atoms with Gasteiger partial charge in [-0.2, -0.15) is 0 Å². The van der Waals surface area contributed by atoms with Crippen molar-refractivity contribution in [1.29, 1.82) is 0 Å². The molecule has 2 aromatic carbocycles. The summed E-state index contributed by atoms with van der Waals surface area (Å²) in [6, 6.07) is 21.2. The predicted octanol–water partition coefficient (Wildman–Crippen LogP) is -1.23. The van der Waals surface area contributed by atoms with E-state index in [-0.39, 0.29) is 9.41 Å². The van der Waals surface area contributed by atoms with E-state index >= 15 is 0 Å². The van der Waals surface area contributed by atoms with E-state index in [4.69, 9.17) is 9.47 Å². The molecule has 2 aliphatic heterocycles. The second-order valence-corrected chi connectivity index (χ2v) is 12.1. The van der Waals surface area contributed by atoms with Gasteiger partial charge in [-0.3, -0.25) is 0 Å². The fraction of sp³-hybridized carbons (Fsp3) is 0.455. The topological polar surface area (TPSA) is 24.9 Å². The molecule has 0 unspecified atom stereocenters. The van der Waals surface area contributed by atoms with Gasteiger partial charge in [-0.15, -0.1) is 0 Å². The van der Waals surface area contributed by atoms with E-state index in [1.165, 1.54) is 37.1 Å². The van der Waals surface area contributed by atoms with Crippen LogP contribution in [-0.2, 0) is 33.0 Å². The quantitative estimate of drug-likeness (QED) is 0.429. The summed E-state index contributed by atoms with van der Waals surface area (Å²) in [5.74, 6) is 0. The molecule has 0 saturated carbocycles. The number of anilines is 2. The first-order valence-corrected chi connectivity index (χ1v) is 13.0. The molecule has 160 valence electrons. The Labute approximate surface area is 186 Å². The van der Waals surface area contributed by atoms with Crippen LogP contribution in [0.25, 0.3) is 0 Å². The summed E-state index contributed by atoms with van der Waals surface area (Å²) in [4.78, 5) is 0. The van der Waals surface area contributed by atoms with Crippen LogP contribution in [0.15, 0.2) is 60.7 Å². The van der Waals surface area contributed by atoms with E-state index in [0.717, 1.165) is 26.4 Å². The fourth-order valence-corrected chi connectivity index (χ4v) is 6.18. The molecule has 0 spiro atoms. The van der Waals surface area contributed by atoms with Crippen molar-refractivity contribution in [2.75, 3.05) is 46.3 Å². The number of hydrogen-bond acceptors (Lipinski definition) is 4. The van der Waals surface area contributed by atoms with Gasteiger partial charge in [-0.1, -0.05) is 0 Å². The maximum atomic E-state index is 4.94. The average Bonchev–Trinajstić information content (AvgIpc) is 3.48. The molecule has 29 heavy (non-hydrogen) atoms. The van der Waals surface area contributed by atoms with E-state index in [2.05, 4.69) is 80.5 Å². The third-order valence-corrected chi connectivity index (χ3v) is 8.25. The first-order valence-electron chi connectivity index (χ1n) is 9.76. The molecule has 7 heteroatoms. The van der Waals surface area contributed by atoms with Crippen LogP contribution in [0.5, 0.6) is 0 Å². The standard InChI is InChI=1S/2C7H8N.2C4H8O.2FH.Hf/c2*1-8-7-5-3-2-4-6-7;2*1-2-4-5-3-1;;;/h2*2-6H,1H3;2*1-4H2;2*1H;/q2*-1;;;;;+4/p-2. The second-order valence-electron chi connectivity index (χ2n) is 6.53. The summed E-state index contributed by atoms with van der Waals surface area (Å²) in [5.41, 5.74) is 2.64. The monoisotopic (exact) mass is 574 g/mol. The summed E-state index contributed by atoms with van der Waals surface area (Å²) in [7, 11) is 4.38. The van der Waals surface area contributed by atoms with Gasteiger partial charge in [0.25, 0.3) is 0 Å². The molecule has 0 N–H and O–H groups in total. The summed E-state index contributed by atoms with van der Waals surface area (Å²) in [6.07, 6.45) is 5.11. The van der Waals surface area contributed by atoms with Crippen molar-refractivity contribution >= 4 is 11.4 Å². The molecule has 2 aliphatic rings. The number of hydrogen-bond donors (Lipinski definition) is 0. The molecule has 0 aromatic heterocycles. The van der Waals surface area contributed by atoms with Crippen LogP contribution in [0.2, 0.25) is 0 Å². The van der Waals surface area contributed by atoms with E-state index in [1.54, 1.807) is 0 Å². The van der Waals surface area contributed by atoms with Crippen molar-refractivity contribution in [3.8, 4) is 0 Å². The maximum Gasteiger partial charge on any atom is -1.00 e. The SMILES string of the molecule is C1CCOC1.C1CCOC1.C[N]([Hf+2][N](C)c1ccccc1)c1ccccc1.[F-].[F-]. The Morgan fingerprint density at radius 3 is 1.14 bits per heavy atom. The number of ether oxygens (including phenoxy) is 2. The molecule has 2 saturated heterocycles. The summed E-state index contributed by atoms with van der Waals surface area (Å²) in [6.45, 7) is 4.00. The van der Waals surface area contributed by atoms with E-state index in [9.17, 15) is 0 Å². The number of halogens is 2. The maximum absolute atomic E-state index is 4.94. The van der Waals surface area contributed by atoms with Crippen LogP contribution in [0, 0.1) is 0 Å². The Kier molecular flexibility index (Phi) is 16.7. The first-order chi connectivity index (χ1) is 13.3. The molecule has 2 heterocycles. The zero-order valence-electron chi connectivity index (χ0n) is 17.4. The molecule has 2 fully saturated rings. The molecule has 0 atom stereocenters. The van der Waals surface area contributed by atoms with Crippen LogP contribution >= 0.6 is 0 Å². The second kappa shape index (κ2) is 17.5. The zero-order chi connectivity index (χ0) is 19.2. The van der Waals surface area contributed by atoms with Crippen LogP contribution in [-0.4, -0.2) is 40.5 Å². The van der Waals surface area contributed by atoms with Crippen LogP contribution in [0.3, 0.4) is 0 Å². The molecule has 0 amide bonds. The van der Waals surface area contributed by atoms with Crippen molar-refractivity contribution in [2.24, 2.45) is 0 Å². The zero-order valence-corrected chi connectivity index (χ0v) is 21.0. The van der Waals surface area contributed by atoms with Gasteiger partial charge in [0.15, 0.2) is 0 Å². The molecular weight excluding hydrogens is 541 g/mol. The fourth-order valence-electron chi connectivity index (χ4n) is 2.66. The Balaban J connectivity index is 0.000000537. The number of nitrogens with zero attached hydrogens (tertiary/aromatic N) is 2. The minimum atomic E-state index is -1.01. The van der Waals surface area contributed by atoms with Crippen molar-refractivity contribution in [3.63, 3.8) is 0 Å². The Hall–Kier alpha value is -1.31. The average molecular weight is 573 g/mol. The van der Waals surface area contributed by atoms with Gasteiger partial charge in [0, 0.05) is 26.4 Å². The van der Waals surface area contributed by atoms with Crippen molar-refractivity contribution < 1.29 is 42.4 Å². The molecule has 4 rings (SSSR count). The summed E-state index contributed by atoms with van der Waals surface area (Å²) in [5, 5.41) is 0. The minimum Gasteiger partial charge on any atom is -1.00 e. The van der Waals surface area contributed by atoms with Gasteiger partial charge in [-0.05, 0) is 25.7 Å². The van der Waals surface area contributed by atoms with Gasteiger partial charge in [0.05, 0.1) is 0 Å². The van der Waals surface area contributed by atoms with Crippen LogP contribution in [0.1, 0.15) is 25.7 Å². The molecule has 0 radical (unpaired) electrons. The normalized spacial score (nSPS) is 13.9. The molecule has 0 aliphatic carbocycles. The van der Waals surface area contributed by atoms with Gasteiger partial charge in [0.1, 0.15) is 0 Å². The Morgan fingerprint density at radius 2 is 0.897 bits per heavy atom. The summed E-state index contributed by atoms with van der Waals surface area (Å²) >= 11 is -1.01. The van der Waals surface area contributed by atoms with E-state index in [1.807, 2.05) is 0 Å². The first kappa shape index (κ1) is 27.7. The van der Waals surface area contributed by atoms with Crippen molar-refractivity contribution in [3.05, 3.63) is 60.7 Å². The van der Waals surface area contributed by atoms with Gasteiger partial charge in [-0.25, -0.2) is 0 Å². The third-order valence-electron chi connectivity index (χ3n) is 4.24. The van der Waals surface area contributed by atoms with Crippen molar-refractivity contribution in [1.82, 2.24) is 0 Å². The predicted molar refractivity (Wildman–Crippen MR) is 110 cm³/mol. The van der Waals surface area contributed by atoms with E-state index < -0.39 is 23.5 Å². The number of para-hydroxylation sites is 2. The Morgan fingerprint density at radius 1 is 0.586 bits per heavy atom. The Bertz CT molecular complexity index is 532. The molecule has 0 bridgehead atoms. The smallest absolute Gasteiger partial charge is 1.00 e. The van der Waals surface area contributed by atoms with Gasteiger partial charge >= 0.3 is 115 Å². The van der Waals surface area contributed by atoms with Crippen molar-refractivity contribution in [2.45, 2.75) is 25.7 Å². The van der Waals surface area contributed by atoms with Gasteiger partial charge in [0.2, 0.25) is 0 Å². The molecular formula is C22H32F2HfN2O2. The van der Waals surface area contributed by atoms with Crippen LogP contribution < -0.4 is 15.2 Å². The molecule has 4 nitrogen and oxygen atoms in total. The summed E-state index contributed by atoms with van der Waals surface area (Å²) < 4.78 is 14.7. The number of rotatable bonds is 4. The van der Waals surface area contributed by atoms with E-state index in [0.29, 0.717) is 0 Å². The molecule has 2 aromatic rings. The van der Waals surface area contributed by atoms with Gasteiger partial charge < -0.3 is 18.9 Å². The van der Waals surface area contributed by atoms with Crippen LogP contribution in [0.4, 0.5) is 11.4 Å². The largest absolute Gasteiger partial charge is 1.00 e. The third kappa shape index (κ3) is 12.1. The number of benzene rings is 2. The minimum absolute atomic E-state index is 0.